The van der Waals surface area contributed by atoms with Crippen molar-refractivity contribution in [1.82, 2.24) is 4.98 Å². The summed E-state index contributed by atoms with van der Waals surface area (Å²) in [5, 5.41) is 0. The average molecular weight is 410 g/mol. The molecule has 1 aromatic heterocycles. The van der Waals surface area contributed by atoms with Crippen molar-refractivity contribution < 1.29 is 9.53 Å². The van der Waals surface area contributed by atoms with Gasteiger partial charge < -0.3 is 4.74 Å². The van der Waals surface area contributed by atoms with Crippen molar-refractivity contribution >= 4 is 21.9 Å². The van der Waals surface area contributed by atoms with Crippen LogP contribution in [0.3, 0.4) is 0 Å². The third kappa shape index (κ3) is 8.66. The minimum atomic E-state index is -0.425. The first-order valence-electron chi connectivity index (χ1n) is 9.58. The van der Waals surface area contributed by atoms with Crippen molar-refractivity contribution in [2.45, 2.75) is 84.5 Å². The Bertz CT molecular complexity index is 543. The first-order chi connectivity index (χ1) is 12.1. The highest BCUT2D eigenvalue weighted by molar-refractivity contribution is 9.10. The number of rotatable bonds is 13. The molecule has 0 saturated carbocycles. The lowest BCUT2D eigenvalue weighted by atomic mass is 10.0. The number of aryl methyl sites for hydroxylation is 1. The first-order valence-corrected chi connectivity index (χ1v) is 10.4. The van der Waals surface area contributed by atoms with Crippen LogP contribution in [-0.2, 0) is 11.2 Å². The number of hydrogen-bond acceptors (Lipinski definition) is 3. The first kappa shape index (κ1) is 21.9. The zero-order valence-electron chi connectivity index (χ0n) is 15.8. The van der Waals surface area contributed by atoms with Gasteiger partial charge >= 0.3 is 5.97 Å². The molecule has 0 aliphatic carbocycles. The molecule has 0 amide bonds. The molecule has 0 saturated heterocycles. The second-order valence-electron chi connectivity index (χ2n) is 6.60. The van der Waals surface area contributed by atoms with Crippen molar-refractivity contribution in [3.8, 4) is 5.75 Å². The molecule has 4 heteroatoms. The maximum absolute atomic E-state index is 11.6. The lowest BCUT2D eigenvalue weighted by Crippen LogP contribution is -2.08. The minimum absolute atomic E-state index is 0.425. The molecule has 3 nitrogen and oxygen atoms in total. The largest absolute Gasteiger partial charge is 0.423 e. The lowest BCUT2D eigenvalue weighted by Gasteiger charge is -2.13. The van der Waals surface area contributed by atoms with Crippen LogP contribution < -0.4 is 4.74 Å². The van der Waals surface area contributed by atoms with Crippen LogP contribution in [0.2, 0.25) is 0 Å². The molecular weight excluding hydrogens is 378 g/mol. The Morgan fingerprint density at radius 1 is 1.12 bits per heavy atom. The number of halogens is 1. The van der Waals surface area contributed by atoms with Crippen LogP contribution in [0.4, 0.5) is 0 Å². The standard InChI is InChI=1S/C21H32BrNO2/c1-4-6-7-8-9-10-11-12-13-14-15-18-20(25-19(24)5-2)17(3)16-23-21(18)22/h5,16H,2,4,6-15H2,1,3H3. The fraction of sp³-hybridized carbons (Fsp3) is 0.619. The molecule has 0 aliphatic rings. The SMILES string of the molecule is C=CC(=O)Oc1c(C)cnc(Br)c1CCCCCCCCCCCC. The van der Waals surface area contributed by atoms with E-state index in [1.165, 1.54) is 63.9 Å². The van der Waals surface area contributed by atoms with Gasteiger partial charge in [0.25, 0.3) is 0 Å². The van der Waals surface area contributed by atoms with Crippen molar-refractivity contribution in [2.24, 2.45) is 0 Å². The summed E-state index contributed by atoms with van der Waals surface area (Å²) in [5.74, 6) is 0.202. The third-order valence-electron chi connectivity index (χ3n) is 4.40. The summed E-state index contributed by atoms with van der Waals surface area (Å²) in [5.41, 5.74) is 1.86. The molecule has 0 aliphatic heterocycles. The van der Waals surface area contributed by atoms with Gasteiger partial charge in [-0.1, -0.05) is 71.3 Å². The number of aromatic nitrogens is 1. The van der Waals surface area contributed by atoms with Crippen LogP contribution in [-0.4, -0.2) is 11.0 Å². The van der Waals surface area contributed by atoms with Crippen molar-refractivity contribution in [3.05, 3.63) is 34.6 Å². The number of pyridine rings is 1. The fourth-order valence-electron chi connectivity index (χ4n) is 2.91. The number of carbonyl (C=O) groups is 1. The van der Waals surface area contributed by atoms with Gasteiger partial charge in [-0.3, -0.25) is 0 Å². The summed E-state index contributed by atoms with van der Waals surface area (Å²) in [6.07, 6.45) is 16.8. The van der Waals surface area contributed by atoms with Crippen LogP contribution in [0.5, 0.6) is 5.75 Å². The molecule has 140 valence electrons. The lowest BCUT2D eigenvalue weighted by molar-refractivity contribution is -0.129. The highest BCUT2D eigenvalue weighted by Crippen LogP contribution is 2.30. The van der Waals surface area contributed by atoms with Crippen LogP contribution in [0.15, 0.2) is 23.5 Å². The van der Waals surface area contributed by atoms with E-state index in [2.05, 4.69) is 34.4 Å². The Hall–Kier alpha value is -1.16. The Morgan fingerprint density at radius 2 is 1.68 bits per heavy atom. The van der Waals surface area contributed by atoms with Crippen LogP contribution >= 0.6 is 15.9 Å². The molecule has 0 spiro atoms. The maximum Gasteiger partial charge on any atom is 0.335 e. The summed E-state index contributed by atoms with van der Waals surface area (Å²) >= 11 is 3.49. The summed E-state index contributed by atoms with van der Waals surface area (Å²) in [7, 11) is 0. The molecule has 1 rings (SSSR count). The summed E-state index contributed by atoms with van der Waals surface area (Å²) in [4.78, 5) is 15.9. The van der Waals surface area contributed by atoms with Crippen LogP contribution in [0.1, 0.15) is 82.3 Å². The van der Waals surface area contributed by atoms with Gasteiger partial charge in [0.05, 0.1) is 0 Å². The zero-order chi connectivity index (χ0) is 18.5. The van der Waals surface area contributed by atoms with E-state index in [-0.39, 0.29) is 0 Å². The van der Waals surface area contributed by atoms with Crippen LogP contribution in [0, 0.1) is 6.92 Å². The van der Waals surface area contributed by atoms with Gasteiger partial charge in [-0.15, -0.1) is 0 Å². The maximum atomic E-state index is 11.6. The van der Waals surface area contributed by atoms with Crippen molar-refractivity contribution in [1.29, 1.82) is 0 Å². The summed E-state index contributed by atoms with van der Waals surface area (Å²) in [6, 6.07) is 0. The second-order valence-corrected chi connectivity index (χ2v) is 7.35. The third-order valence-corrected chi connectivity index (χ3v) is 5.09. The fourth-order valence-corrected chi connectivity index (χ4v) is 3.39. The monoisotopic (exact) mass is 409 g/mol. The average Bonchev–Trinajstić information content (AvgIpc) is 2.61. The second kappa shape index (κ2) is 13.1. The molecule has 0 fully saturated rings. The highest BCUT2D eigenvalue weighted by atomic mass is 79.9. The van der Waals surface area contributed by atoms with Gasteiger partial charge in [-0.2, -0.15) is 0 Å². The molecule has 0 atom stereocenters. The number of hydrogen-bond donors (Lipinski definition) is 0. The van der Waals surface area contributed by atoms with Gasteiger partial charge in [0.1, 0.15) is 10.4 Å². The van der Waals surface area contributed by atoms with Crippen molar-refractivity contribution in [3.63, 3.8) is 0 Å². The predicted octanol–water partition coefficient (Wildman–Crippen LogP) is 6.71. The quantitative estimate of drug-likeness (QED) is 0.157. The van der Waals surface area contributed by atoms with E-state index in [9.17, 15) is 4.79 Å². The number of ether oxygens (including phenoxy) is 1. The van der Waals surface area contributed by atoms with Crippen molar-refractivity contribution in [2.75, 3.05) is 0 Å². The molecular formula is C21H32BrNO2. The summed E-state index contributed by atoms with van der Waals surface area (Å²) < 4.78 is 6.19. The van der Waals surface area contributed by atoms with E-state index < -0.39 is 5.97 Å². The van der Waals surface area contributed by atoms with Gasteiger partial charge in [-0.05, 0) is 35.7 Å². The molecule has 1 aromatic rings. The van der Waals surface area contributed by atoms with Gasteiger partial charge in [0, 0.05) is 23.4 Å². The molecule has 0 aromatic carbocycles. The number of unbranched alkanes of at least 4 members (excludes halogenated alkanes) is 9. The minimum Gasteiger partial charge on any atom is -0.423 e. The Morgan fingerprint density at radius 3 is 2.24 bits per heavy atom. The van der Waals surface area contributed by atoms with E-state index in [1.807, 2.05) is 6.92 Å². The van der Waals surface area contributed by atoms with E-state index >= 15 is 0 Å². The normalized spacial score (nSPS) is 10.7. The molecule has 0 bridgehead atoms. The Labute approximate surface area is 161 Å². The molecule has 1 heterocycles. The molecule has 0 radical (unpaired) electrons. The number of nitrogens with zero attached hydrogens (tertiary/aromatic N) is 1. The van der Waals surface area contributed by atoms with Gasteiger partial charge in [-0.25, -0.2) is 9.78 Å². The predicted molar refractivity (Wildman–Crippen MR) is 108 cm³/mol. The number of carbonyl (C=O) groups excluding carboxylic acids is 1. The van der Waals surface area contributed by atoms with Gasteiger partial charge in [0.15, 0.2) is 0 Å². The molecule has 25 heavy (non-hydrogen) atoms. The summed E-state index contributed by atoms with van der Waals surface area (Å²) in [6.45, 7) is 7.63. The van der Waals surface area contributed by atoms with E-state index in [1.54, 1.807) is 6.20 Å². The Balaban J connectivity index is 2.35. The van der Waals surface area contributed by atoms with E-state index in [0.29, 0.717) is 5.75 Å². The zero-order valence-corrected chi connectivity index (χ0v) is 17.4. The highest BCUT2D eigenvalue weighted by Gasteiger charge is 2.14. The molecule has 0 unspecified atom stereocenters. The van der Waals surface area contributed by atoms with E-state index in [4.69, 9.17) is 4.74 Å². The van der Waals surface area contributed by atoms with E-state index in [0.717, 1.165) is 28.6 Å². The Kier molecular flexibility index (Phi) is 11.5. The topological polar surface area (TPSA) is 39.2 Å². The van der Waals surface area contributed by atoms with Crippen LogP contribution in [0.25, 0.3) is 0 Å². The van der Waals surface area contributed by atoms with Gasteiger partial charge in [0.2, 0.25) is 0 Å². The number of esters is 1. The smallest absolute Gasteiger partial charge is 0.335 e. The molecule has 0 N–H and O–H groups in total.